The summed E-state index contributed by atoms with van der Waals surface area (Å²) < 4.78 is 4.74. The van der Waals surface area contributed by atoms with Gasteiger partial charge in [0.05, 0.1) is 13.3 Å². The van der Waals surface area contributed by atoms with Crippen LogP contribution in [0.4, 0.5) is 0 Å². The maximum atomic E-state index is 7.26. The molecule has 0 spiro atoms. The van der Waals surface area contributed by atoms with E-state index in [0.717, 1.165) is 17.7 Å². The summed E-state index contributed by atoms with van der Waals surface area (Å²) in [7, 11) is 1.52. The molecule has 0 aromatic carbocycles. The van der Waals surface area contributed by atoms with Gasteiger partial charge in [0, 0.05) is 12.1 Å². The topological polar surface area (TPSA) is 61.8 Å². The highest BCUT2D eigenvalue weighted by molar-refractivity contribution is 5.72. The monoisotopic (exact) mass is 167 g/mol. The molecule has 0 saturated heterocycles. The Balaban J connectivity index is 2.43. The number of aromatic nitrogens is 2. The van der Waals surface area contributed by atoms with E-state index in [2.05, 4.69) is 10.2 Å². The van der Waals surface area contributed by atoms with Crippen LogP contribution in [0.5, 0.6) is 0 Å². The second-order valence-electron chi connectivity index (χ2n) is 2.65. The molecule has 2 N–H and O–H groups in total. The summed E-state index contributed by atoms with van der Waals surface area (Å²) in [5, 5.41) is 14.0. The first-order valence-corrected chi connectivity index (χ1v) is 3.84. The van der Waals surface area contributed by atoms with Crippen molar-refractivity contribution in [2.75, 3.05) is 7.11 Å². The lowest BCUT2D eigenvalue weighted by atomic mass is 10.1. The fourth-order valence-corrected chi connectivity index (χ4v) is 0.978. The molecule has 12 heavy (non-hydrogen) atoms. The third-order valence-corrected chi connectivity index (χ3v) is 1.80. The molecule has 1 rings (SSSR count). The molecule has 4 heteroatoms. The summed E-state index contributed by atoms with van der Waals surface area (Å²) in [5.41, 5.74) is 2.22. The Kier molecular flexibility index (Phi) is 2.85. The summed E-state index contributed by atoms with van der Waals surface area (Å²) in [5.74, 6) is 0.315. The molecule has 0 unspecified atom stereocenters. The zero-order valence-corrected chi connectivity index (χ0v) is 7.35. The van der Waals surface area contributed by atoms with E-state index in [1.165, 1.54) is 7.11 Å². The minimum absolute atomic E-state index is 0.315. The van der Waals surface area contributed by atoms with Crippen LogP contribution in [0.15, 0.2) is 6.20 Å². The number of ether oxygens (including phenoxy) is 1. The van der Waals surface area contributed by atoms with Crippen LogP contribution in [-0.2, 0) is 11.2 Å². The van der Waals surface area contributed by atoms with Crippen LogP contribution in [0.1, 0.15) is 17.7 Å². The third-order valence-electron chi connectivity index (χ3n) is 1.80. The van der Waals surface area contributed by atoms with E-state index < -0.39 is 0 Å². The van der Waals surface area contributed by atoms with E-state index in [0.29, 0.717) is 12.3 Å². The van der Waals surface area contributed by atoms with Crippen molar-refractivity contribution in [3.63, 3.8) is 0 Å². The number of hydrogen-bond acceptors (Lipinski definition) is 3. The number of aryl methyl sites for hydroxylation is 2. The molecule has 0 aliphatic rings. The summed E-state index contributed by atoms with van der Waals surface area (Å²) in [6, 6.07) is 0. The fraction of sp³-hybridized carbons (Fsp3) is 0.500. The molecule has 0 aliphatic carbocycles. The number of aromatic amines is 1. The number of methoxy groups -OCH3 is 1. The Bertz CT molecular complexity index is 267. The summed E-state index contributed by atoms with van der Waals surface area (Å²) in [4.78, 5) is 0. The van der Waals surface area contributed by atoms with Crippen LogP contribution in [0, 0.1) is 12.3 Å². The zero-order valence-electron chi connectivity index (χ0n) is 7.35. The number of rotatable bonds is 3. The van der Waals surface area contributed by atoms with Gasteiger partial charge in [-0.05, 0) is 18.9 Å². The van der Waals surface area contributed by atoms with Crippen molar-refractivity contribution in [3.8, 4) is 0 Å². The minimum atomic E-state index is 0.315. The first kappa shape index (κ1) is 8.77. The summed E-state index contributed by atoms with van der Waals surface area (Å²) in [6.07, 6.45) is 3.24. The molecule has 1 heterocycles. The Morgan fingerprint density at radius 1 is 1.75 bits per heavy atom. The van der Waals surface area contributed by atoms with Crippen molar-refractivity contribution in [2.24, 2.45) is 0 Å². The molecular weight excluding hydrogens is 154 g/mol. The van der Waals surface area contributed by atoms with Gasteiger partial charge in [0.25, 0.3) is 0 Å². The number of hydrogen-bond donors (Lipinski definition) is 2. The van der Waals surface area contributed by atoms with E-state index in [9.17, 15) is 0 Å². The molecule has 0 atom stereocenters. The van der Waals surface area contributed by atoms with Crippen molar-refractivity contribution in [1.29, 1.82) is 5.41 Å². The van der Waals surface area contributed by atoms with Crippen molar-refractivity contribution in [3.05, 3.63) is 17.5 Å². The predicted molar refractivity (Wildman–Crippen MR) is 46.4 cm³/mol. The highest BCUT2D eigenvalue weighted by Crippen LogP contribution is 2.05. The average molecular weight is 167 g/mol. The van der Waals surface area contributed by atoms with E-state index >= 15 is 0 Å². The SMILES string of the molecule is COC(=N)CCc1cn[nH]c1C. The van der Waals surface area contributed by atoms with E-state index in [1.54, 1.807) is 6.20 Å². The van der Waals surface area contributed by atoms with Gasteiger partial charge in [0.1, 0.15) is 0 Å². The average Bonchev–Trinajstić information content (AvgIpc) is 2.47. The lowest BCUT2D eigenvalue weighted by molar-refractivity contribution is 0.386. The van der Waals surface area contributed by atoms with Crippen LogP contribution < -0.4 is 0 Å². The lowest BCUT2D eigenvalue weighted by Crippen LogP contribution is -2.00. The minimum Gasteiger partial charge on any atom is -0.484 e. The summed E-state index contributed by atoms with van der Waals surface area (Å²) >= 11 is 0. The molecule has 0 bridgehead atoms. The molecule has 1 aromatic heterocycles. The lowest BCUT2D eigenvalue weighted by Gasteiger charge is -2.00. The zero-order chi connectivity index (χ0) is 8.97. The van der Waals surface area contributed by atoms with Gasteiger partial charge in [-0.25, -0.2) is 0 Å². The number of H-pyrrole nitrogens is 1. The van der Waals surface area contributed by atoms with Gasteiger partial charge in [-0.1, -0.05) is 0 Å². The number of nitrogens with one attached hydrogen (secondary N) is 2. The Morgan fingerprint density at radius 3 is 3.00 bits per heavy atom. The summed E-state index contributed by atoms with van der Waals surface area (Å²) in [6.45, 7) is 1.97. The van der Waals surface area contributed by atoms with Crippen LogP contribution >= 0.6 is 0 Å². The normalized spacial score (nSPS) is 9.83. The maximum Gasteiger partial charge on any atom is 0.180 e. The number of nitrogens with zero attached hydrogens (tertiary/aromatic N) is 1. The Hall–Kier alpha value is -1.32. The highest BCUT2D eigenvalue weighted by atomic mass is 16.5. The van der Waals surface area contributed by atoms with Gasteiger partial charge in [-0.3, -0.25) is 10.5 Å². The molecule has 1 aromatic rings. The fourth-order valence-electron chi connectivity index (χ4n) is 0.978. The van der Waals surface area contributed by atoms with Crippen LogP contribution in [0.2, 0.25) is 0 Å². The van der Waals surface area contributed by atoms with E-state index in [1.807, 2.05) is 6.92 Å². The van der Waals surface area contributed by atoms with Crippen molar-refractivity contribution in [2.45, 2.75) is 19.8 Å². The van der Waals surface area contributed by atoms with Crippen molar-refractivity contribution >= 4 is 5.90 Å². The van der Waals surface area contributed by atoms with Gasteiger partial charge in [0.2, 0.25) is 0 Å². The predicted octanol–water partition coefficient (Wildman–Crippen LogP) is 1.27. The smallest absolute Gasteiger partial charge is 0.180 e. The molecule has 0 fully saturated rings. The second-order valence-corrected chi connectivity index (χ2v) is 2.65. The van der Waals surface area contributed by atoms with E-state index in [-0.39, 0.29) is 0 Å². The Morgan fingerprint density at radius 2 is 2.50 bits per heavy atom. The van der Waals surface area contributed by atoms with Gasteiger partial charge in [-0.2, -0.15) is 5.10 Å². The molecular formula is C8H13N3O. The third kappa shape index (κ3) is 2.08. The van der Waals surface area contributed by atoms with Gasteiger partial charge in [0.15, 0.2) is 5.90 Å². The standard InChI is InChI=1S/C8H13N3O/c1-6-7(5-10-11-6)3-4-8(9)12-2/h5,9H,3-4H2,1-2H3,(H,10,11). The molecule has 66 valence electrons. The van der Waals surface area contributed by atoms with Gasteiger partial charge >= 0.3 is 0 Å². The van der Waals surface area contributed by atoms with Gasteiger partial charge < -0.3 is 4.74 Å². The first-order valence-electron chi connectivity index (χ1n) is 3.84. The maximum absolute atomic E-state index is 7.26. The van der Waals surface area contributed by atoms with Crippen molar-refractivity contribution < 1.29 is 4.74 Å². The molecule has 0 saturated carbocycles. The highest BCUT2D eigenvalue weighted by Gasteiger charge is 2.01. The van der Waals surface area contributed by atoms with E-state index in [4.69, 9.17) is 10.1 Å². The molecule has 0 radical (unpaired) electrons. The first-order chi connectivity index (χ1) is 5.74. The van der Waals surface area contributed by atoms with Crippen molar-refractivity contribution in [1.82, 2.24) is 10.2 Å². The van der Waals surface area contributed by atoms with Gasteiger partial charge in [-0.15, -0.1) is 0 Å². The molecule has 4 nitrogen and oxygen atoms in total. The second kappa shape index (κ2) is 3.90. The molecule has 0 amide bonds. The van der Waals surface area contributed by atoms with Crippen LogP contribution in [-0.4, -0.2) is 23.2 Å². The van der Waals surface area contributed by atoms with Crippen LogP contribution in [0.25, 0.3) is 0 Å². The van der Waals surface area contributed by atoms with Crippen LogP contribution in [0.3, 0.4) is 0 Å². The Labute approximate surface area is 71.5 Å². The largest absolute Gasteiger partial charge is 0.484 e. The molecule has 0 aliphatic heterocycles. The quantitative estimate of drug-likeness (QED) is 0.526.